The van der Waals surface area contributed by atoms with E-state index in [1.54, 1.807) is 9.42 Å². The van der Waals surface area contributed by atoms with Gasteiger partial charge in [-0.25, -0.2) is 0 Å². The second kappa shape index (κ2) is 8.64. The van der Waals surface area contributed by atoms with Gasteiger partial charge < -0.3 is 5.32 Å². The second-order valence-corrected chi connectivity index (χ2v) is 8.97. The average Bonchev–Trinajstić information content (AvgIpc) is 3.26. The smallest absolute Gasteiger partial charge is 0.241 e. The van der Waals surface area contributed by atoms with E-state index in [9.17, 15) is 4.79 Å². The van der Waals surface area contributed by atoms with Crippen molar-refractivity contribution in [2.45, 2.75) is 17.0 Å². The molecule has 7 nitrogen and oxygen atoms in total. The fourth-order valence-electron chi connectivity index (χ4n) is 4.16. The van der Waals surface area contributed by atoms with Crippen molar-refractivity contribution < 1.29 is 4.79 Å². The Labute approximate surface area is 191 Å². The monoisotopic (exact) mass is 444 g/mol. The molecule has 3 aromatic rings. The molecule has 1 fully saturated rings. The summed E-state index contributed by atoms with van der Waals surface area (Å²) in [7, 11) is 1.87. The highest BCUT2D eigenvalue weighted by atomic mass is 32.2. The minimum Gasteiger partial charge on any atom is -0.339 e. The first-order valence-corrected chi connectivity index (χ1v) is 11.3. The van der Waals surface area contributed by atoms with Gasteiger partial charge in [-0.15, -0.1) is 0 Å². The Morgan fingerprint density at radius 2 is 1.38 bits per heavy atom. The highest BCUT2D eigenvalue weighted by Gasteiger charge is 2.48. The minimum absolute atomic E-state index is 0.0286. The van der Waals surface area contributed by atoms with E-state index in [4.69, 9.17) is 0 Å². The van der Waals surface area contributed by atoms with Crippen LogP contribution in [0.15, 0.2) is 101 Å². The highest BCUT2D eigenvalue weighted by Crippen LogP contribution is 2.39. The van der Waals surface area contributed by atoms with E-state index in [1.165, 1.54) is 11.9 Å². The fraction of sp³-hybridized carbons (Fsp3) is 0.208. The molecule has 2 aliphatic heterocycles. The normalized spacial score (nSPS) is 20.2. The van der Waals surface area contributed by atoms with Crippen molar-refractivity contribution in [3.8, 4) is 0 Å². The van der Waals surface area contributed by atoms with Gasteiger partial charge >= 0.3 is 0 Å². The first-order valence-electron chi connectivity index (χ1n) is 10.5. The van der Waals surface area contributed by atoms with Crippen LogP contribution in [0.1, 0.15) is 16.7 Å². The lowest BCUT2D eigenvalue weighted by molar-refractivity contribution is -0.130. The summed E-state index contributed by atoms with van der Waals surface area (Å²) >= 11 is 1.47. The lowest BCUT2D eigenvalue weighted by Gasteiger charge is -2.45. The Hall–Kier alpha value is -3.36. The zero-order valence-corrected chi connectivity index (χ0v) is 18.4. The second-order valence-electron chi connectivity index (χ2n) is 7.83. The molecular formula is C24H24N6OS. The number of nitrogens with zero attached hydrogens (tertiary/aromatic N) is 4. The van der Waals surface area contributed by atoms with Crippen molar-refractivity contribution in [1.82, 2.24) is 20.1 Å². The molecule has 0 bridgehead atoms. The van der Waals surface area contributed by atoms with Crippen LogP contribution < -0.4 is 10.6 Å². The molecule has 2 atom stereocenters. The Balaban J connectivity index is 1.57. The third-order valence-corrected chi connectivity index (χ3v) is 6.76. The van der Waals surface area contributed by atoms with E-state index in [-0.39, 0.29) is 11.3 Å². The van der Waals surface area contributed by atoms with Gasteiger partial charge in [-0.1, -0.05) is 96.2 Å². The lowest BCUT2D eigenvalue weighted by Crippen LogP contribution is -2.71. The van der Waals surface area contributed by atoms with Gasteiger partial charge in [0.1, 0.15) is 18.1 Å². The molecule has 0 unspecified atom stereocenters. The van der Waals surface area contributed by atoms with Gasteiger partial charge in [0.25, 0.3) is 0 Å². The van der Waals surface area contributed by atoms with Crippen LogP contribution in [0.25, 0.3) is 0 Å². The number of nitrogens with one attached hydrogen (secondary N) is 2. The number of hydrogen-bond donors (Lipinski definition) is 2. The van der Waals surface area contributed by atoms with Crippen molar-refractivity contribution in [3.63, 3.8) is 0 Å². The van der Waals surface area contributed by atoms with Crippen LogP contribution in [0.2, 0.25) is 0 Å². The van der Waals surface area contributed by atoms with Gasteiger partial charge in [-0.2, -0.15) is 4.41 Å². The number of β-lactam (4-membered cyclic amide) rings is 1. The Kier molecular flexibility index (Phi) is 5.55. The maximum absolute atomic E-state index is 12.8. The number of carbonyl (C=O) groups is 1. The molecule has 2 N–H and O–H groups in total. The van der Waals surface area contributed by atoms with Crippen LogP contribution >= 0.6 is 11.9 Å². The SMILES string of the molecule is CN1CN(S[C@@H]2NC(=O)[C@H]2NC(c2ccccc2)(c2ccccc2)c2ccccc2)N=N1. The predicted molar refractivity (Wildman–Crippen MR) is 125 cm³/mol. The fourth-order valence-corrected chi connectivity index (χ4v) is 5.21. The summed E-state index contributed by atoms with van der Waals surface area (Å²) in [6, 6.07) is 30.4. The summed E-state index contributed by atoms with van der Waals surface area (Å²) in [4.78, 5) is 12.8. The molecule has 162 valence electrons. The molecule has 8 heteroatoms. The molecule has 0 radical (unpaired) electrons. The maximum Gasteiger partial charge on any atom is 0.241 e. The summed E-state index contributed by atoms with van der Waals surface area (Å²) in [6.45, 7) is 0.574. The third-order valence-electron chi connectivity index (χ3n) is 5.72. The van der Waals surface area contributed by atoms with Crippen LogP contribution in [0.3, 0.4) is 0 Å². The van der Waals surface area contributed by atoms with Crippen molar-refractivity contribution in [3.05, 3.63) is 108 Å². The maximum atomic E-state index is 12.8. The van der Waals surface area contributed by atoms with E-state index in [2.05, 4.69) is 57.5 Å². The number of amides is 1. The molecule has 1 amide bonds. The van der Waals surface area contributed by atoms with E-state index in [0.29, 0.717) is 6.67 Å². The lowest BCUT2D eigenvalue weighted by atomic mass is 9.76. The number of rotatable bonds is 7. The van der Waals surface area contributed by atoms with Gasteiger partial charge in [-0.3, -0.25) is 15.1 Å². The summed E-state index contributed by atoms with van der Waals surface area (Å²) in [5.74, 6) is -0.0286. The largest absolute Gasteiger partial charge is 0.339 e. The standard InChI is InChI=1S/C24H24N6OS/c1-29-17-30(28-27-29)32-23-21(22(31)25-23)26-24(18-11-5-2-6-12-18,19-13-7-3-8-14-19)20-15-9-4-10-16-20/h2-16,21,23,26H,17H2,1H3,(H,25,31)/t21-,23+/m1/s1. The van der Waals surface area contributed by atoms with Crippen molar-refractivity contribution in [1.29, 1.82) is 0 Å². The molecular weight excluding hydrogens is 420 g/mol. The van der Waals surface area contributed by atoms with E-state index >= 15 is 0 Å². The number of benzene rings is 3. The van der Waals surface area contributed by atoms with Gasteiger partial charge in [0.2, 0.25) is 5.91 Å². The zero-order valence-electron chi connectivity index (χ0n) is 17.6. The minimum atomic E-state index is -0.700. The van der Waals surface area contributed by atoms with Crippen molar-refractivity contribution in [2.75, 3.05) is 13.7 Å². The number of hydrogen-bond acceptors (Lipinski definition) is 7. The zero-order chi connectivity index (χ0) is 22.0. The van der Waals surface area contributed by atoms with Crippen molar-refractivity contribution in [2.24, 2.45) is 10.4 Å². The summed E-state index contributed by atoms with van der Waals surface area (Å²) in [5, 5.41) is 16.5. The van der Waals surface area contributed by atoms with Gasteiger partial charge in [0.15, 0.2) is 0 Å². The Morgan fingerprint density at radius 1 is 0.875 bits per heavy atom. The molecule has 0 spiro atoms. The van der Waals surface area contributed by atoms with Crippen molar-refractivity contribution >= 4 is 17.9 Å². The molecule has 3 aromatic carbocycles. The van der Waals surface area contributed by atoms with Gasteiger partial charge in [0, 0.05) is 19.0 Å². The van der Waals surface area contributed by atoms with Crippen LogP contribution in [-0.4, -0.2) is 40.5 Å². The topological polar surface area (TPSA) is 72.3 Å². The van der Waals surface area contributed by atoms with Crippen LogP contribution in [0, 0.1) is 0 Å². The third kappa shape index (κ3) is 3.72. The molecule has 5 rings (SSSR count). The molecule has 2 heterocycles. The molecule has 1 saturated heterocycles. The van der Waals surface area contributed by atoms with E-state index in [0.717, 1.165) is 16.7 Å². The molecule has 0 aliphatic carbocycles. The molecule has 2 aliphatic rings. The Morgan fingerprint density at radius 3 is 1.78 bits per heavy atom. The van der Waals surface area contributed by atoms with Crippen LogP contribution in [0.5, 0.6) is 0 Å². The quantitative estimate of drug-likeness (QED) is 0.331. The molecule has 32 heavy (non-hydrogen) atoms. The predicted octanol–water partition coefficient (Wildman–Crippen LogP) is 3.53. The summed E-state index contributed by atoms with van der Waals surface area (Å²) < 4.78 is 1.79. The van der Waals surface area contributed by atoms with Crippen LogP contribution in [-0.2, 0) is 10.3 Å². The van der Waals surface area contributed by atoms with Gasteiger partial charge in [0.05, 0.1) is 5.54 Å². The van der Waals surface area contributed by atoms with Crippen LogP contribution in [0.4, 0.5) is 0 Å². The molecule has 0 aromatic heterocycles. The van der Waals surface area contributed by atoms with E-state index < -0.39 is 11.6 Å². The summed E-state index contributed by atoms with van der Waals surface area (Å²) in [5.41, 5.74) is 2.51. The Bertz CT molecular complexity index is 999. The average molecular weight is 445 g/mol. The summed E-state index contributed by atoms with van der Waals surface area (Å²) in [6.07, 6.45) is 0. The van der Waals surface area contributed by atoms with Gasteiger partial charge in [-0.05, 0) is 21.9 Å². The molecule has 0 saturated carbocycles. The first kappa shape index (κ1) is 20.5. The number of carbonyl (C=O) groups excluding carboxylic acids is 1. The first-order chi connectivity index (χ1) is 15.7. The van der Waals surface area contributed by atoms with E-state index in [1.807, 2.05) is 61.6 Å². The highest BCUT2D eigenvalue weighted by molar-refractivity contribution is 7.97.